The summed E-state index contributed by atoms with van der Waals surface area (Å²) in [5.74, 6) is 0. The Bertz CT molecular complexity index is 4410. The second kappa shape index (κ2) is 16.6. The van der Waals surface area contributed by atoms with Crippen LogP contribution in [-0.4, -0.2) is 11.3 Å². The van der Waals surface area contributed by atoms with Crippen molar-refractivity contribution in [3.05, 3.63) is 218 Å². The van der Waals surface area contributed by atoms with E-state index in [0.29, 0.717) is 0 Å². The third-order valence-electron chi connectivity index (χ3n) is 15.5. The molecule has 10 aromatic carbocycles. The van der Waals surface area contributed by atoms with Gasteiger partial charge in [-0.25, -0.2) is 0 Å². The zero-order valence-corrected chi connectivity index (χ0v) is 42.8. The number of nitrogens with zero attached hydrogens (tertiary/aromatic N) is 3. The number of rotatable bonds is 8. The van der Waals surface area contributed by atoms with Crippen LogP contribution in [0.1, 0.15) is 25.3 Å². The molecule has 0 spiro atoms. The van der Waals surface area contributed by atoms with E-state index in [1.165, 1.54) is 95.2 Å². The quantitative estimate of drug-likeness (QED) is 0.141. The van der Waals surface area contributed by atoms with Crippen molar-refractivity contribution in [1.82, 2.24) is 4.48 Å². The molecule has 3 aromatic heterocycles. The fourth-order valence-electron chi connectivity index (χ4n) is 12.3. The molecule has 0 saturated heterocycles. The average molecular weight is 1000 g/mol. The minimum absolute atomic E-state index is 0.184. The number of unbranched alkanes of at least 4 members (excludes halogenated alkanes) is 1. The van der Waals surface area contributed by atoms with Crippen LogP contribution >= 0.6 is 34.9 Å². The topological polar surface area (TPSA) is 24.6 Å². The highest BCUT2D eigenvalue weighted by molar-refractivity contribution is 8.05. The van der Waals surface area contributed by atoms with E-state index in [1.54, 1.807) is 0 Å². The third-order valence-corrected chi connectivity index (χ3v) is 19.2. The Morgan fingerprint density at radius 3 is 1.95 bits per heavy atom. The average Bonchev–Trinajstić information content (AvgIpc) is 4.16. The van der Waals surface area contributed by atoms with Crippen LogP contribution in [0.25, 0.3) is 75.4 Å². The summed E-state index contributed by atoms with van der Waals surface area (Å²) in [5.41, 5.74) is 19.9. The second-order valence-electron chi connectivity index (χ2n) is 19.8. The summed E-state index contributed by atoms with van der Waals surface area (Å²) in [6, 6.07) is 79.1. The first-order valence-corrected chi connectivity index (χ1v) is 28.1. The molecule has 74 heavy (non-hydrogen) atoms. The summed E-state index contributed by atoms with van der Waals surface area (Å²) in [5, 5.41) is 4.79. The number of aryl methyl sites for hydroxylation is 1. The monoisotopic (exact) mass is 1000 g/mol. The number of furan rings is 1. The fourth-order valence-corrected chi connectivity index (χ4v) is 15.8. The molecule has 0 aliphatic carbocycles. The van der Waals surface area contributed by atoms with Gasteiger partial charge in [-0.3, -0.25) is 0 Å². The molecular weight excluding hydrogens is 958 g/mol. The number of benzene rings is 10. The van der Waals surface area contributed by atoms with Gasteiger partial charge in [-0.1, -0.05) is 158 Å². The predicted octanol–water partition coefficient (Wildman–Crippen LogP) is 18.4. The van der Waals surface area contributed by atoms with E-state index in [-0.39, 0.29) is 6.85 Å². The number of hydrogen-bond donors (Lipinski definition) is 0. The summed E-state index contributed by atoms with van der Waals surface area (Å²) in [6.07, 6.45) is 3.31. The third kappa shape index (κ3) is 6.25. The first-order chi connectivity index (χ1) is 36.7. The van der Waals surface area contributed by atoms with Crippen molar-refractivity contribution in [2.45, 2.75) is 45.8 Å². The highest BCUT2D eigenvalue weighted by Crippen LogP contribution is 2.56. The van der Waals surface area contributed by atoms with E-state index in [4.69, 9.17) is 4.42 Å². The first kappa shape index (κ1) is 42.6. The maximum absolute atomic E-state index is 7.37. The molecule has 4 nitrogen and oxygen atoms in total. The molecular formula is C66H44BN3OS3. The Kier molecular flexibility index (Phi) is 9.54. The van der Waals surface area contributed by atoms with Crippen molar-refractivity contribution in [2.75, 3.05) is 9.80 Å². The summed E-state index contributed by atoms with van der Waals surface area (Å²) < 4.78 is 12.7. The number of anilines is 6. The normalized spacial score (nSPS) is 13.2. The van der Waals surface area contributed by atoms with Gasteiger partial charge in [0.05, 0.1) is 21.6 Å². The lowest BCUT2D eigenvalue weighted by Crippen LogP contribution is -2.56. The van der Waals surface area contributed by atoms with Crippen LogP contribution in [0.4, 0.5) is 34.1 Å². The van der Waals surface area contributed by atoms with Crippen LogP contribution in [0, 0.1) is 0 Å². The van der Waals surface area contributed by atoms with Gasteiger partial charge in [-0.05, 0) is 131 Å². The maximum Gasteiger partial charge on any atom is 0.333 e. The van der Waals surface area contributed by atoms with Gasteiger partial charge in [0, 0.05) is 85.2 Å². The fraction of sp³-hybridized carbons (Fsp3) is 0.0606. The first-order valence-electron chi connectivity index (χ1n) is 25.7. The van der Waals surface area contributed by atoms with Crippen molar-refractivity contribution < 1.29 is 4.42 Å². The van der Waals surface area contributed by atoms with E-state index in [1.807, 2.05) is 34.9 Å². The van der Waals surface area contributed by atoms with Gasteiger partial charge >= 0.3 is 6.85 Å². The molecule has 3 aliphatic heterocycles. The van der Waals surface area contributed by atoms with Gasteiger partial charge in [0.25, 0.3) is 0 Å². The van der Waals surface area contributed by atoms with Gasteiger partial charge in [-0.2, -0.15) is 0 Å². The molecule has 0 atom stereocenters. The van der Waals surface area contributed by atoms with Crippen LogP contribution in [-0.2, 0) is 6.42 Å². The Balaban J connectivity index is 1.09. The Labute approximate surface area is 441 Å². The molecule has 3 aliphatic rings. The molecule has 0 radical (unpaired) electrons. The number of thiophene rings is 1. The van der Waals surface area contributed by atoms with Crippen LogP contribution in [0.2, 0.25) is 0 Å². The summed E-state index contributed by atoms with van der Waals surface area (Å²) in [7, 11) is 0. The van der Waals surface area contributed by atoms with Gasteiger partial charge in [0.1, 0.15) is 5.58 Å². The van der Waals surface area contributed by atoms with E-state index in [2.05, 4.69) is 234 Å². The molecule has 350 valence electrons. The summed E-state index contributed by atoms with van der Waals surface area (Å²) in [4.78, 5) is 10.2. The lowest BCUT2D eigenvalue weighted by atomic mass is 9.45. The minimum atomic E-state index is -0.184. The zero-order chi connectivity index (χ0) is 48.6. The molecule has 0 bridgehead atoms. The number of hydrogen-bond acceptors (Lipinski definition) is 6. The lowest BCUT2D eigenvalue weighted by molar-refractivity contribution is 0.669. The largest absolute Gasteiger partial charge is 0.454 e. The Hall–Kier alpha value is -7.88. The number of aromatic nitrogens is 1. The molecule has 0 N–H and O–H groups in total. The van der Waals surface area contributed by atoms with E-state index in [0.717, 1.165) is 69.6 Å². The van der Waals surface area contributed by atoms with Crippen molar-refractivity contribution in [1.29, 1.82) is 0 Å². The molecule has 8 heteroatoms. The number of para-hydroxylation sites is 3. The smallest absolute Gasteiger partial charge is 0.333 e. The van der Waals surface area contributed by atoms with Gasteiger partial charge in [-0.15, -0.1) is 11.3 Å². The Morgan fingerprint density at radius 1 is 0.514 bits per heavy atom. The predicted molar refractivity (Wildman–Crippen MR) is 316 cm³/mol. The summed E-state index contributed by atoms with van der Waals surface area (Å²) in [6.45, 7) is 2.10. The molecule has 13 aromatic rings. The van der Waals surface area contributed by atoms with E-state index >= 15 is 0 Å². The molecule has 0 amide bonds. The lowest BCUT2D eigenvalue weighted by Gasteiger charge is -2.42. The number of fused-ring (bicyclic) bond motifs is 15. The Morgan fingerprint density at radius 2 is 1.19 bits per heavy atom. The van der Waals surface area contributed by atoms with Crippen LogP contribution < -0.4 is 20.7 Å². The zero-order valence-electron chi connectivity index (χ0n) is 40.4. The van der Waals surface area contributed by atoms with E-state index < -0.39 is 0 Å². The maximum atomic E-state index is 7.37. The van der Waals surface area contributed by atoms with Gasteiger partial charge < -0.3 is 18.7 Å². The van der Waals surface area contributed by atoms with Crippen molar-refractivity contribution in [3.63, 3.8) is 0 Å². The van der Waals surface area contributed by atoms with Crippen molar-refractivity contribution >= 4 is 140 Å². The SMILES string of the molecule is CCCCc1ccc(N2c3cc4c(cc3B3c5c(cc6c(oc7ccccc76)c52)-c2cc(N(c5ccccc5)c5ccccc5)cc5c6sc7ccccc7c6n3c25)Sc2ccccc2S4)c(-c2ccccc2)c1. The highest BCUT2D eigenvalue weighted by atomic mass is 32.2. The molecule has 6 heterocycles. The van der Waals surface area contributed by atoms with Gasteiger partial charge in [0.2, 0.25) is 0 Å². The van der Waals surface area contributed by atoms with Crippen LogP contribution in [0.5, 0.6) is 0 Å². The van der Waals surface area contributed by atoms with Crippen LogP contribution in [0.3, 0.4) is 0 Å². The van der Waals surface area contributed by atoms with Gasteiger partial charge in [0.15, 0.2) is 5.58 Å². The molecule has 0 unspecified atom stereocenters. The molecule has 16 rings (SSSR count). The minimum Gasteiger partial charge on any atom is -0.454 e. The van der Waals surface area contributed by atoms with Crippen molar-refractivity contribution in [3.8, 4) is 22.3 Å². The van der Waals surface area contributed by atoms with Crippen molar-refractivity contribution in [2.24, 2.45) is 0 Å². The second-order valence-corrected chi connectivity index (χ2v) is 23.0. The molecule has 0 saturated carbocycles. The standard InChI is InChI=1S/C66H44BN3OS3/c1-2-3-19-40-32-33-53(47(34-40)41-20-7-4-8-21-41)69-54-39-60-59(72-57-30-17-18-31-58(57)73-60)38-52(54)67-61-48(37-50-45-26-13-15-28-55(45)71-65(50)64(61)69)49-35-44(68(42-22-9-5-10-23-42)43-24-11-6-12-25-43)36-51-62(49)70(67)63-46-27-14-16-29-56(46)74-66(51)63/h4-18,20-39H,2-3,19H2,1H3. The summed E-state index contributed by atoms with van der Waals surface area (Å²) >= 11 is 5.71. The van der Waals surface area contributed by atoms with E-state index in [9.17, 15) is 0 Å². The van der Waals surface area contributed by atoms with Crippen LogP contribution in [0.15, 0.2) is 236 Å². The molecule has 0 fully saturated rings. The highest BCUT2D eigenvalue weighted by Gasteiger charge is 2.46.